The second-order valence-electron chi connectivity index (χ2n) is 3.55. The number of nitriles is 1. The van der Waals surface area contributed by atoms with Gasteiger partial charge in [0.05, 0.1) is 30.8 Å². The van der Waals surface area contributed by atoms with Crippen molar-refractivity contribution in [3.8, 4) is 11.8 Å². The van der Waals surface area contributed by atoms with Crippen molar-refractivity contribution in [1.29, 1.82) is 5.26 Å². The summed E-state index contributed by atoms with van der Waals surface area (Å²) in [5.41, 5.74) is 3.21. The zero-order valence-electron chi connectivity index (χ0n) is 8.10. The van der Waals surface area contributed by atoms with Crippen molar-refractivity contribution >= 4 is 5.52 Å². The molecule has 3 heterocycles. The number of ether oxygens (including phenoxy) is 1. The first-order chi connectivity index (χ1) is 7.40. The average Bonchev–Trinajstić information content (AvgIpc) is 2.83. The molecule has 4 heteroatoms. The lowest BCUT2D eigenvalue weighted by Gasteiger charge is -2.01. The number of pyridine rings is 1. The third kappa shape index (κ3) is 1.10. The normalized spacial score (nSPS) is 13.5. The third-order valence-electron chi connectivity index (χ3n) is 2.70. The molecular weight excluding hydrogens is 190 g/mol. The Morgan fingerprint density at radius 3 is 3.40 bits per heavy atom. The molecule has 1 aliphatic rings. The van der Waals surface area contributed by atoms with E-state index in [9.17, 15) is 0 Å². The van der Waals surface area contributed by atoms with Gasteiger partial charge in [0.25, 0.3) is 0 Å². The summed E-state index contributed by atoms with van der Waals surface area (Å²) in [4.78, 5) is 0. The van der Waals surface area contributed by atoms with Gasteiger partial charge in [0, 0.05) is 23.7 Å². The lowest BCUT2D eigenvalue weighted by atomic mass is 10.1. The molecule has 0 spiro atoms. The molecule has 0 fully saturated rings. The van der Waals surface area contributed by atoms with E-state index in [0.717, 1.165) is 29.9 Å². The number of hydrogen-bond acceptors (Lipinski definition) is 3. The SMILES string of the molecule is N#CCc1cnn2ccc3c(c12)CCO3. The van der Waals surface area contributed by atoms with E-state index in [2.05, 4.69) is 11.2 Å². The zero-order valence-corrected chi connectivity index (χ0v) is 8.10. The smallest absolute Gasteiger partial charge is 0.126 e. The minimum Gasteiger partial charge on any atom is -0.493 e. The van der Waals surface area contributed by atoms with Crippen molar-refractivity contribution in [1.82, 2.24) is 9.61 Å². The molecule has 74 valence electrons. The number of rotatable bonds is 1. The van der Waals surface area contributed by atoms with Crippen LogP contribution in [0.15, 0.2) is 18.5 Å². The molecule has 0 N–H and O–H groups in total. The predicted molar refractivity (Wildman–Crippen MR) is 53.7 cm³/mol. The van der Waals surface area contributed by atoms with E-state index in [1.54, 1.807) is 6.20 Å². The minimum atomic E-state index is 0.403. The fraction of sp³-hybridized carbons (Fsp3) is 0.273. The number of fused-ring (bicyclic) bond motifs is 3. The van der Waals surface area contributed by atoms with Crippen molar-refractivity contribution in [2.45, 2.75) is 12.8 Å². The van der Waals surface area contributed by atoms with Crippen LogP contribution in [0.2, 0.25) is 0 Å². The van der Waals surface area contributed by atoms with Crippen molar-refractivity contribution < 1.29 is 4.74 Å². The maximum Gasteiger partial charge on any atom is 0.126 e. The highest BCUT2D eigenvalue weighted by molar-refractivity contribution is 5.66. The topological polar surface area (TPSA) is 50.3 Å². The third-order valence-corrected chi connectivity index (χ3v) is 2.70. The Morgan fingerprint density at radius 1 is 1.60 bits per heavy atom. The van der Waals surface area contributed by atoms with E-state index in [4.69, 9.17) is 10.00 Å². The van der Waals surface area contributed by atoms with Crippen LogP contribution in [0.25, 0.3) is 5.52 Å². The van der Waals surface area contributed by atoms with Crippen molar-refractivity contribution in [2.24, 2.45) is 0 Å². The summed E-state index contributed by atoms with van der Waals surface area (Å²) in [6.07, 6.45) is 4.95. The summed E-state index contributed by atoms with van der Waals surface area (Å²) < 4.78 is 7.30. The van der Waals surface area contributed by atoms with Gasteiger partial charge < -0.3 is 4.74 Å². The molecule has 0 atom stereocenters. The molecule has 0 unspecified atom stereocenters. The van der Waals surface area contributed by atoms with Crippen LogP contribution in [0.4, 0.5) is 0 Å². The molecule has 0 bridgehead atoms. The van der Waals surface area contributed by atoms with Crippen LogP contribution in [0.1, 0.15) is 11.1 Å². The summed E-state index contributed by atoms with van der Waals surface area (Å²) in [5.74, 6) is 0.933. The highest BCUT2D eigenvalue weighted by Crippen LogP contribution is 2.30. The van der Waals surface area contributed by atoms with E-state index in [0.29, 0.717) is 6.42 Å². The summed E-state index contributed by atoms with van der Waals surface area (Å²) in [6.45, 7) is 0.728. The Labute approximate surface area is 86.7 Å². The maximum atomic E-state index is 8.73. The first-order valence-corrected chi connectivity index (χ1v) is 4.88. The standard InChI is InChI=1S/C11H9N3O/c12-4-1-8-7-13-14-5-2-10-9(11(8)14)3-6-15-10/h2,5,7H,1,3,6H2. The van der Waals surface area contributed by atoms with Gasteiger partial charge in [0.15, 0.2) is 0 Å². The van der Waals surface area contributed by atoms with E-state index < -0.39 is 0 Å². The van der Waals surface area contributed by atoms with E-state index in [-0.39, 0.29) is 0 Å². The molecule has 3 rings (SSSR count). The first-order valence-electron chi connectivity index (χ1n) is 4.88. The van der Waals surface area contributed by atoms with Gasteiger partial charge in [-0.25, -0.2) is 4.52 Å². The maximum absolute atomic E-state index is 8.73. The molecule has 2 aromatic rings. The summed E-state index contributed by atoms with van der Waals surface area (Å²) >= 11 is 0. The average molecular weight is 199 g/mol. The van der Waals surface area contributed by atoms with Crippen LogP contribution in [0, 0.1) is 11.3 Å². The molecule has 15 heavy (non-hydrogen) atoms. The molecule has 2 aromatic heterocycles. The summed E-state index contributed by atoms with van der Waals surface area (Å²) in [6, 6.07) is 4.09. The molecule has 0 radical (unpaired) electrons. The molecular formula is C11H9N3O. The van der Waals surface area contributed by atoms with Gasteiger partial charge in [-0.1, -0.05) is 0 Å². The van der Waals surface area contributed by atoms with Gasteiger partial charge in [-0.05, 0) is 6.07 Å². The Morgan fingerprint density at radius 2 is 2.53 bits per heavy atom. The largest absolute Gasteiger partial charge is 0.493 e. The van der Waals surface area contributed by atoms with Gasteiger partial charge in [0.1, 0.15) is 5.75 Å². The van der Waals surface area contributed by atoms with Crippen molar-refractivity contribution in [2.75, 3.05) is 6.61 Å². The number of hydrogen-bond donors (Lipinski definition) is 0. The number of nitrogens with zero attached hydrogens (tertiary/aromatic N) is 3. The lowest BCUT2D eigenvalue weighted by Crippen LogP contribution is -1.91. The van der Waals surface area contributed by atoms with Gasteiger partial charge in [-0.2, -0.15) is 10.4 Å². The fourth-order valence-corrected chi connectivity index (χ4v) is 2.05. The predicted octanol–water partition coefficient (Wildman–Crippen LogP) is 1.34. The van der Waals surface area contributed by atoms with Gasteiger partial charge in [0.2, 0.25) is 0 Å². The van der Waals surface area contributed by atoms with E-state index >= 15 is 0 Å². The Balaban J connectivity index is 2.32. The summed E-state index contributed by atoms with van der Waals surface area (Å²) in [7, 11) is 0. The Hall–Kier alpha value is -2.02. The lowest BCUT2D eigenvalue weighted by molar-refractivity contribution is 0.356. The van der Waals surface area contributed by atoms with Crippen LogP contribution in [0.5, 0.6) is 5.75 Å². The fourth-order valence-electron chi connectivity index (χ4n) is 2.05. The van der Waals surface area contributed by atoms with Gasteiger partial charge in [-0.15, -0.1) is 0 Å². The molecule has 0 saturated carbocycles. The van der Waals surface area contributed by atoms with E-state index in [1.165, 1.54) is 5.56 Å². The second-order valence-corrected chi connectivity index (χ2v) is 3.55. The quantitative estimate of drug-likeness (QED) is 0.696. The van der Waals surface area contributed by atoms with Crippen LogP contribution in [0.3, 0.4) is 0 Å². The highest BCUT2D eigenvalue weighted by atomic mass is 16.5. The van der Waals surface area contributed by atoms with Crippen molar-refractivity contribution in [3.63, 3.8) is 0 Å². The molecule has 0 amide bonds. The highest BCUT2D eigenvalue weighted by Gasteiger charge is 2.18. The Bertz CT molecular complexity index is 565. The van der Waals surface area contributed by atoms with Crippen LogP contribution >= 0.6 is 0 Å². The van der Waals surface area contributed by atoms with Crippen LogP contribution < -0.4 is 4.74 Å². The molecule has 4 nitrogen and oxygen atoms in total. The van der Waals surface area contributed by atoms with Gasteiger partial charge in [-0.3, -0.25) is 0 Å². The van der Waals surface area contributed by atoms with Gasteiger partial charge >= 0.3 is 0 Å². The zero-order chi connectivity index (χ0) is 10.3. The molecule has 1 aliphatic heterocycles. The Kier molecular flexibility index (Phi) is 1.65. The summed E-state index contributed by atoms with van der Waals surface area (Å²) in [5, 5.41) is 13.0. The molecule has 0 aliphatic carbocycles. The molecule has 0 aromatic carbocycles. The second kappa shape index (κ2) is 2.99. The monoisotopic (exact) mass is 199 g/mol. The van der Waals surface area contributed by atoms with E-state index in [1.807, 2.05) is 16.8 Å². The van der Waals surface area contributed by atoms with Crippen LogP contribution in [-0.2, 0) is 12.8 Å². The van der Waals surface area contributed by atoms with Crippen molar-refractivity contribution in [3.05, 3.63) is 29.6 Å². The van der Waals surface area contributed by atoms with Crippen LogP contribution in [-0.4, -0.2) is 16.2 Å². The first kappa shape index (κ1) is 8.30. The number of aromatic nitrogens is 2. The minimum absolute atomic E-state index is 0.403. The molecule has 0 saturated heterocycles.